The van der Waals surface area contributed by atoms with E-state index in [0.29, 0.717) is 10.8 Å². The molecule has 0 aliphatic carbocycles. The summed E-state index contributed by atoms with van der Waals surface area (Å²) in [6, 6.07) is 0. The molecule has 0 heterocycles. The van der Waals surface area contributed by atoms with Crippen molar-refractivity contribution in [2.45, 2.75) is 49.9 Å². The molecule has 0 spiro atoms. The van der Waals surface area contributed by atoms with Gasteiger partial charge < -0.3 is 0 Å². The summed E-state index contributed by atoms with van der Waals surface area (Å²) in [5.41, 5.74) is 0.904. The zero-order valence-electron chi connectivity index (χ0n) is 9.37. The Labute approximate surface area is 89.2 Å². The molecule has 12 heavy (non-hydrogen) atoms. The van der Waals surface area contributed by atoms with Crippen molar-refractivity contribution in [1.29, 1.82) is 0 Å². The summed E-state index contributed by atoms with van der Waals surface area (Å²) in [4.78, 5) is 0. The Balaban J connectivity index is 3.83. The Morgan fingerprint density at radius 1 is 0.833 bits per heavy atom. The van der Waals surface area contributed by atoms with Crippen LogP contribution in [0.2, 0.25) is 8.35 Å². The first-order chi connectivity index (χ1) is 5.10. The molecule has 0 aromatic rings. The quantitative estimate of drug-likeness (QED) is 0.711. The van der Waals surface area contributed by atoms with E-state index in [2.05, 4.69) is 41.5 Å². The topological polar surface area (TPSA) is 0 Å². The van der Waals surface area contributed by atoms with E-state index in [0.717, 1.165) is 0 Å². The molecule has 0 radical (unpaired) electrons. The third-order valence-electron chi connectivity index (χ3n) is 1.67. The number of hydrogen-bond acceptors (Lipinski definition) is 0. The molecule has 0 rings (SSSR count). The zero-order chi connectivity index (χ0) is 9.99. The van der Waals surface area contributed by atoms with Crippen LogP contribution in [0.25, 0.3) is 0 Å². The molecule has 0 amide bonds. The molecule has 72 valence electrons. The molecule has 0 unspecified atom stereocenters. The predicted molar refractivity (Wildman–Crippen MR) is 60.1 cm³/mol. The second-order valence-electron chi connectivity index (χ2n) is 6.13. The first kappa shape index (κ1) is 13.2. The monoisotopic (exact) mass is 292 g/mol. The van der Waals surface area contributed by atoms with Crippen LogP contribution < -0.4 is 0 Å². The molecule has 0 saturated carbocycles. The van der Waals surface area contributed by atoms with E-state index in [1.165, 1.54) is 8.35 Å². The Kier molecular flexibility index (Phi) is 5.04. The Morgan fingerprint density at radius 2 is 1.08 bits per heavy atom. The second-order valence-corrected chi connectivity index (χ2v) is 16.0. The molecule has 0 aromatic heterocycles. The molecule has 0 bridgehead atoms. The SMILES string of the molecule is CC(C)(C)[CH2][In]([Cl])[CH2]C(C)(C)C. The van der Waals surface area contributed by atoms with Gasteiger partial charge in [-0.3, -0.25) is 0 Å². The fourth-order valence-electron chi connectivity index (χ4n) is 1.40. The Hall–Kier alpha value is 1.16. The average molecular weight is 293 g/mol. The minimum atomic E-state index is -1.65. The number of hydrogen-bond donors (Lipinski definition) is 0. The van der Waals surface area contributed by atoms with Crippen molar-refractivity contribution in [2.75, 3.05) is 0 Å². The molecule has 2 heteroatoms. The van der Waals surface area contributed by atoms with Crippen molar-refractivity contribution in [3.63, 3.8) is 0 Å². The third kappa shape index (κ3) is 9.25. The van der Waals surface area contributed by atoms with Gasteiger partial charge in [-0.15, -0.1) is 0 Å². The van der Waals surface area contributed by atoms with Gasteiger partial charge in [0.05, 0.1) is 0 Å². The van der Waals surface area contributed by atoms with Crippen LogP contribution in [0.1, 0.15) is 41.5 Å². The molecular formula is C10H22ClIn. The van der Waals surface area contributed by atoms with Crippen LogP contribution in [0.3, 0.4) is 0 Å². The van der Waals surface area contributed by atoms with E-state index in [1.807, 2.05) is 0 Å². The van der Waals surface area contributed by atoms with Gasteiger partial charge in [0.15, 0.2) is 0 Å². The van der Waals surface area contributed by atoms with Crippen LogP contribution in [0.5, 0.6) is 0 Å². The number of rotatable bonds is 2. The zero-order valence-corrected chi connectivity index (χ0v) is 13.4. The maximum atomic E-state index is 6.46. The molecule has 0 saturated heterocycles. The molecule has 0 nitrogen and oxygen atoms in total. The van der Waals surface area contributed by atoms with Gasteiger partial charge in [0.1, 0.15) is 0 Å². The summed E-state index contributed by atoms with van der Waals surface area (Å²) in [5, 5.41) is 0. The second kappa shape index (κ2) is 4.59. The van der Waals surface area contributed by atoms with Crippen molar-refractivity contribution in [3.8, 4) is 0 Å². The van der Waals surface area contributed by atoms with E-state index >= 15 is 0 Å². The van der Waals surface area contributed by atoms with Crippen molar-refractivity contribution in [1.82, 2.24) is 0 Å². The average Bonchev–Trinajstić information content (AvgIpc) is 1.49. The molecule has 0 aliphatic heterocycles. The van der Waals surface area contributed by atoms with Gasteiger partial charge in [0.25, 0.3) is 0 Å². The molecule has 0 fully saturated rings. The molecule has 0 aromatic carbocycles. The Bertz CT molecular complexity index is 114. The molecule has 0 N–H and O–H groups in total. The molecule has 0 atom stereocenters. The fraction of sp³-hybridized carbons (Fsp3) is 1.00. The summed E-state index contributed by atoms with van der Waals surface area (Å²) in [5.74, 6) is 0. The van der Waals surface area contributed by atoms with Gasteiger partial charge in [0.2, 0.25) is 0 Å². The summed E-state index contributed by atoms with van der Waals surface area (Å²) in [6.07, 6.45) is 0. The third-order valence-corrected chi connectivity index (χ3v) is 13.3. The maximum absolute atomic E-state index is 6.46. The number of halogens is 1. The first-order valence-corrected chi connectivity index (χ1v) is 13.6. The van der Waals surface area contributed by atoms with E-state index < -0.39 is 20.3 Å². The van der Waals surface area contributed by atoms with Crippen LogP contribution >= 0.6 is 8.58 Å². The van der Waals surface area contributed by atoms with Gasteiger partial charge in [-0.2, -0.15) is 0 Å². The summed E-state index contributed by atoms with van der Waals surface area (Å²) in [7, 11) is 6.46. The van der Waals surface area contributed by atoms with Crippen molar-refractivity contribution >= 4 is 28.8 Å². The standard InChI is InChI=1S/2C5H11.ClH.In/c2*1-5(2,3)4;;/h2*1H2,2-4H3;1H;/q;;;+1/p-1. The van der Waals surface area contributed by atoms with Crippen LogP contribution in [-0.2, 0) is 0 Å². The van der Waals surface area contributed by atoms with Gasteiger partial charge in [-0.1, -0.05) is 0 Å². The fourth-order valence-corrected chi connectivity index (χ4v) is 15.6. The molecule has 0 aliphatic rings. The van der Waals surface area contributed by atoms with Crippen molar-refractivity contribution in [3.05, 3.63) is 0 Å². The van der Waals surface area contributed by atoms with Gasteiger partial charge in [0, 0.05) is 0 Å². The van der Waals surface area contributed by atoms with E-state index in [-0.39, 0.29) is 0 Å². The van der Waals surface area contributed by atoms with Crippen molar-refractivity contribution in [2.24, 2.45) is 10.8 Å². The van der Waals surface area contributed by atoms with Crippen LogP contribution in [0.15, 0.2) is 0 Å². The van der Waals surface area contributed by atoms with Gasteiger partial charge in [-0.25, -0.2) is 0 Å². The normalized spacial score (nSPS) is 13.2. The van der Waals surface area contributed by atoms with Gasteiger partial charge >= 0.3 is 89.6 Å². The molecular weight excluding hydrogens is 270 g/mol. The Morgan fingerprint density at radius 3 is 1.25 bits per heavy atom. The van der Waals surface area contributed by atoms with Crippen LogP contribution in [0, 0.1) is 10.8 Å². The predicted octanol–water partition coefficient (Wildman–Crippen LogP) is 4.31. The van der Waals surface area contributed by atoms with Crippen LogP contribution in [0.4, 0.5) is 0 Å². The van der Waals surface area contributed by atoms with Crippen LogP contribution in [-0.4, -0.2) is 20.3 Å². The minimum absolute atomic E-state index is 0.452. The first-order valence-electron chi connectivity index (χ1n) is 4.74. The van der Waals surface area contributed by atoms with E-state index in [4.69, 9.17) is 8.58 Å². The van der Waals surface area contributed by atoms with Crippen molar-refractivity contribution < 1.29 is 0 Å². The van der Waals surface area contributed by atoms with E-state index in [1.54, 1.807) is 0 Å². The summed E-state index contributed by atoms with van der Waals surface area (Å²) < 4.78 is 2.63. The summed E-state index contributed by atoms with van der Waals surface area (Å²) in [6.45, 7) is 13.8. The summed E-state index contributed by atoms with van der Waals surface area (Å²) >= 11 is -1.65. The van der Waals surface area contributed by atoms with Gasteiger partial charge in [-0.05, 0) is 0 Å². The van der Waals surface area contributed by atoms with E-state index in [9.17, 15) is 0 Å².